The average molecular weight is 449 g/mol. The van der Waals surface area contributed by atoms with E-state index in [4.69, 9.17) is 9.40 Å². The van der Waals surface area contributed by atoms with Gasteiger partial charge in [-0.25, -0.2) is 9.99 Å². The number of furan rings is 1. The molecular formula is C23H20N4O2S2. The number of imidazole rings is 1. The molecule has 0 aliphatic carbocycles. The number of hydrogen-bond donors (Lipinski definition) is 0. The number of benzene rings is 1. The fourth-order valence-electron chi connectivity index (χ4n) is 3.70. The van der Waals surface area contributed by atoms with E-state index in [0.29, 0.717) is 13.0 Å². The molecular weight excluding hydrogens is 428 g/mol. The summed E-state index contributed by atoms with van der Waals surface area (Å²) in [7, 11) is 0. The number of para-hydroxylation sites is 2. The van der Waals surface area contributed by atoms with Gasteiger partial charge in [0.2, 0.25) is 0 Å². The van der Waals surface area contributed by atoms with Crippen LogP contribution in [0.4, 0.5) is 0 Å². The van der Waals surface area contributed by atoms with Crippen molar-refractivity contribution in [2.45, 2.75) is 24.2 Å². The topological polar surface area (TPSA) is 63.6 Å². The van der Waals surface area contributed by atoms with Gasteiger partial charge in [-0.15, -0.1) is 17.9 Å². The number of rotatable bonds is 7. The molecule has 0 N–H and O–H groups in total. The Kier molecular flexibility index (Phi) is 5.48. The minimum absolute atomic E-state index is 0.0739. The lowest BCUT2D eigenvalue weighted by molar-refractivity contribution is -0.130. The molecule has 0 spiro atoms. The molecule has 8 heteroatoms. The summed E-state index contributed by atoms with van der Waals surface area (Å²) in [6.45, 7) is 4.49. The van der Waals surface area contributed by atoms with Gasteiger partial charge in [0.15, 0.2) is 5.16 Å². The van der Waals surface area contributed by atoms with Crippen molar-refractivity contribution < 1.29 is 9.21 Å². The first-order chi connectivity index (χ1) is 15.2. The summed E-state index contributed by atoms with van der Waals surface area (Å²) < 4.78 is 7.70. The lowest BCUT2D eigenvalue weighted by atomic mass is 10.1. The van der Waals surface area contributed by atoms with Gasteiger partial charge in [0, 0.05) is 13.0 Å². The largest absolute Gasteiger partial charge is 0.467 e. The molecule has 4 aromatic rings. The zero-order valence-corrected chi connectivity index (χ0v) is 18.3. The summed E-state index contributed by atoms with van der Waals surface area (Å²) in [5, 5.41) is 9.06. The molecule has 0 saturated heterocycles. The number of thioether (sulfide) groups is 1. The van der Waals surface area contributed by atoms with Gasteiger partial charge >= 0.3 is 0 Å². The van der Waals surface area contributed by atoms with Crippen molar-refractivity contribution in [3.63, 3.8) is 0 Å². The van der Waals surface area contributed by atoms with E-state index in [2.05, 4.69) is 16.2 Å². The Morgan fingerprint density at radius 3 is 2.94 bits per heavy atom. The Bertz CT molecular complexity index is 1240. The predicted octanol–water partition coefficient (Wildman–Crippen LogP) is 5.35. The first kappa shape index (κ1) is 19.8. The highest BCUT2D eigenvalue weighted by Crippen LogP contribution is 2.35. The third-order valence-corrected chi connectivity index (χ3v) is 6.98. The van der Waals surface area contributed by atoms with Gasteiger partial charge in [-0.2, -0.15) is 5.10 Å². The summed E-state index contributed by atoms with van der Waals surface area (Å²) in [5.74, 6) is 0.904. The van der Waals surface area contributed by atoms with Crippen LogP contribution in [0.2, 0.25) is 0 Å². The second-order valence-electron chi connectivity index (χ2n) is 7.07. The van der Waals surface area contributed by atoms with Crippen molar-refractivity contribution in [3.05, 3.63) is 83.5 Å². The molecule has 5 rings (SSSR count). The van der Waals surface area contributed by atoms with Crippen LogP contribution in [-0.2, 0) is 11.3 Å². The molecule has 3 aromatic heterocycles. The lowest BCUT2D eigenvalue weighted by Gasteiger charge is -2.19. The predicted molar refractivity (Wildman–Crippen MR) is 124 cm³/mol. The van der Waals surface area contributed by atoms with Crippen molar-refractivity contribution in [2.24, 2.45) is 5.10 Å². The second kappa shape index (κ2) is 8.56. The number of carbonyl (C=O) groups excluding carboxylic acids is 1. The van der Waals surface area contributed by atoms with Gasteiger partial charge in [0.05, 0.1) is 33.6 Å². The van der Waals surface area contributed by atoms with Crippen LogP contribution in [0.25, 0.3) is 11.0 Å². The number of allylic oxidation sites excluding steroid dienone is 1. The molecule has 4 heterocycles. The third kappa shape index (κ3) is 3.84. The number of hydrogen-bond acceptors (Lipinski definition) is 6. The van der Waals surface area contributed by atoms with Crippen LogP contribution >= 0.6 is 23.1 Å². The average Bonchev–Trinajstić information content (AvgIpc) is 3.58. The molecule has 1 aliphatic rings. The number of carbonyl (C=O) groups is 1. The van der Waals surface area contributed by atoms with Crippen molar-refractivity contribution in [1.82, 2.24) is 14.6 Å². The monoisotopic (exact) mass is 448 g/mol. The number of amides is 1. The van der Waals surface area contributed by atoms with E-state index in [1.165, 1.54) is 11.8 Å². The highest BCUT2D eigenvalue weighted by Gasteiger charge is 2.35. The van der Waals surface area contributed by atoms with Gasteiger partial charge in [0.25, 0.3) is 5.91 Å². The fraction of sp³-hybridized carbons (Fsp3) is 0.174. The van der Waals surface area contributed by atoms with Gasteiger partial charge in [-0.1, -0.05) is 36.0 Å². The molecule has 156 valence electrons. The smallest absolute Gasteiger partial charge is 0.253 e. The van der Waals surface area contributed by atoms with Crippen LogP contribution in [0.15, 0.2) is 87.5 Å². The van der Waals surface area contributed by atoms with Crippen molar-refractivity contribution >= 4 is 45.8 Å². The quantitative estimate of drug-likeness (QED) is 0.283. The molecule has 31 heavy (non-hydrogen) atoms. The van der Waals surface area contributed by atoms with E-state index < -0.39 is 0 Å². The molecule has 0 radical (unpaired) electrons. The Hall–Kier alpha value is -3.10. The summed E-state index contributed by atoms with van der Waals surface area (Å²) in [4.78, 5) is 19.0. The molecule has 1 aromatic carbocycles. The molecule has 0 unspecified atom stereocenters. The number of thiophene rings is 1. The van der Waals surface area contributed by atoms with E-state index in [0.717, 1.165) is 32.5 Å². The van der Waals surface area contributed by atoms with Crippen LogP contribution in [0.3, 0.4) is 0 Å². The summed E-state index contributed by atoms with van der Waals surface area (Å²) in [6, 6.07) is 15.5. The zero-order valence-electron chi connectivity index (χ0n) is 16.7. The Labute approximate surface area is 187 Å². The Morgan fingerprint density at radius 1 is 1.26 bits per heavy atom. The number of hydrazone groups is 1. The van der Waals surface area contributed by atoms with Crippen LogP contribution < -0.4 is 0 Å². The zero-order chi connectivity index (χ0) is 21.2. The summed E-state index contributed by atoms with van der Waals surface area (Å²) in [6.07, 6.45) is 4.11. The molecule has 1 atom stereocenters. The number of nitrogens with zero attached hydrogens (tertiary/aromatic N) is 4. The molecule has 0 bridgehead atoms. The van der Waals surface area contributed by atoms with Gasteiger partial charge in [0.1, 0.15) is 11.8 Å². The molecule has 0 saturated carbocycles. The van der Waals surface area contributed by atoms with Gasteiger partial charge in [-0.05, 0) is 35.7 Å². The lowest BCUT2D eigenvalue weighted by Crippen LogP contribution is -2.28. The third-order valence-electron chi connectivity index (χ3n) is 5.10. The van der Waals surface area contributed by atoms with Gasteiger partial charge in [-0.3, -0.25) is 4.79 Å². The Balaban J connectivity index is 1.39. The minimum Gasteiger partial charge on any atom is -0.467 e. The van der Waals surface area contributed by atoms with E-state index in [1.54, 1.807) is 22.6 Å². The first-order valence-corrected chi connectivity index (χ1v) is 11.8. The summed E-state index contributed by atoms with van der Waals surface area (Å²) in [5.41, 5.74) is 2.85. The molecule has 6 nitrogen and oxygen atoms in total. The maximum absolute atomic E-state index is 13.2. The van der Waals surface area contributed by atoms with E-state index in [9.17, 15) is 4.79 Å². The minimum atomic E-state index is -0.229. The van der Waals surface area contributed by atoms with E-state index in [1.807, 2.05) is 60.0 Å². The van der Waals surface area contributed by atoms with Crippen molar-refractivity contribution in [3.8, 4) is 0 Å². The fourth-order valence-corrected chi connectivity index (χ4v) is 5.29. The highest BCUT2D eigenvalue weighted by molar-refractivity contribution is 7.99. The maximum atomic E-state index is 13.2. The molecule has 0 fully saturated rings. The SMILES string of the molecule is C=CCn1c(SCC(=O)N2N=C(c3cccs3)C[C@H]2c2ccco2)nc2ccccc21. The van der Waals surface area contributed by atoms with Crippen molar-refractivity contribution in [2.75, 3.05) is 5.75 Å². The molecule has 1 aliphatic heterocycles. The van der Waals surface area contributed by atoms with Crippen LogP contribution in [-0.4, -0.2) is 31.9 Å². The second-order valence-corrected chi connectivity index (χ2v) is 8.96. The van der Waals surface area contributed by atoms with E-state index >= 15 is 0 Å². The normalized spacial score (nSPS) is 16.1. The highest BCUT2D eigenvalue weighted by atomic mass is 32.2. The van der Waals surface area contributed by atoms with Gasteiger partial charge < -0.3 is 8.98 Å². The van der Waals surface area contributed by atoms with E-state index in [-0.39, 0.29) is 17.7 Å². The standard InChI is InChI=1S/C23H20N4O2S2/c1-2-11-26-18-8-4-3-7-16(18)24-23(26)31-15-22(28)27-19(20-9-5-12-29-20)14-17(25-27)21-10-6-13-30-21/h2-10,12-13,19H,1,11,14-15H2/t19-/m0/s1. The molecule has 1 amide bonds. The first-order valence-electron chi connectivity index (χ1n) is 9.90. The number of aromatic nitrogens is 2. The van der Waals surface area contributed by atoms with Crippen LogP contribution in [0.5, 0.6) is 0 Å². The maximum Gasteiger partial charge on any atom is 0.253 e. The van der Waals surface area contributed by atoms with Crippen LogP contribution in [0, 0.1) is 0 Å². The van der Waals surface area contributed by atoms with Crippen LogP contribution in [0.1, 0.15) is 23.1 Å². The Morgan fingerprint density at radius 2 is 2.16 bits per heavy atom. The van der Waals surface area contributed by atoms with Crippen molar-refractivity contribution in [1.29, 1.82) is 0 Å². The number of fused-ring (bicyclic) bond motifs is 1. The summed E-state index contributed by atoms with van der Waals surface area (Å²) >= 11 is 3.05.